The van der Waals surface area contributed by atoms with Gasteiger partial charge in [-0.15, -0.1) is 0 Å². The molecular weight excluding hydrogens is 508 g/mol. The molecule has 42 heavy (non-hydrogen) atoms. The van der Waals surface area contributed by atoms with Crippen LogP contribution in [-0.2, 0) is 25.7 Å². The molecule has 0 bridgehead atoms. The highest BCUT2D eigenvalue weighted by atomic mass is 15.0. The van der Waals surface area contributed by atoms with Crippen LogP contribution >= 0.6 is 0 Å². The SMILES string of the molecule is c1ccc2c(c1)c1ccccc1n2-c1cc2c3c(c1)CCc1cc(-n4c5ccccc5c5ccccc54)cc(c1-3)CC2. The van der Waals surface area contributed by atoms with Gasteiger partial charge in [-0.1, -0.05) is 72.8 Å². The number of rotatable bonds is 2. The zero-order valence-electron chi connectivity index (χ0n) is 23.3. The van der Waals surface area contributed by atoms with Gasteiger partial charge < -0.3 is 9.13 Å². The van der Waals surface area contributed by atoms with Crippen molar-refractivity contribution in [1.29, 1.82) is 0 Å². The fourth-order valence-electron chi connectivity index (χ4n) is 8.13. The maximum absolute atomic E-state index is 2.48. The highest BCUT2D eigenvalue weighted by Crippen LogP contribution is 2.46. The van der Waals surface area contributed by atoms with E-state index in [9.17, 15) is 0 Å². The molecule has 2 nitrogen and oxygen atoms in total. The van der Waals surface area contributed by atoms with E-state index >= 15 is 0 Å². The number of aryl methyl sites for hydroxylation is 4. The normalized spacial score (nSPS) is 13.8. The summed E-state index contributed by atoms with van der Waals surface area (Å²) in [5.74, 6) is 0. The Morgan fingerprint density at radius 3 is 0.881 bits per heavy atom. The summed E-state index contributed by atoms with van der Waals surface area (Å²) in [5, 5.41) is 5.30. The predicted octanol–water partition coefficient (Wildman–Crippen LogP) is 9.74. The average Bonchev–Trinajstić information content (AvgIpc) is 3.56. The van der Waals surface area contributed by atoms with Crippen molar-refractivity contribution in [2.45, 2.75) is 25.7 Å². The Balaban J connectivity index is 1.18. The fraction of sp³-hybridized carbons (Fsp3) is 0.100. The van der Waals surface area contributed by atoms with Crippen LogP contribution in [0.25, 0.3) is 66.1 Å². The lowest BCUT2D eigenvalue weighted by molar-refractivity contribution is 0.869. The van der Waals surface area contributed by atoms with Crippen LogP contribution in [0.2, 0.25) is 0 Å². The molecule has 10 rings (SSSR count). The van der Waals surface area contributed by atoms with E-state index in [1.54, 1.807) is 0 Å². The number of benzene rings is 6. The van der Waals surface area contributed by atoms with Crippen LogP contribution in [0.15, 0.2) is 121 Å². The summed E-state index contributed by atoms with van der Waals surface area (Å²) in [7, 11) is 0. The molecule has 2 aliphatic carbocycles. The number of para-hydroxylation sites is 4. The third-order valence-electron chi connectivity index (χ3n) is 9.83. The largest absolute Gasteiger partial charge is 0.309 e. The Morgan fingerprint density at radius 1 is 0.333 bits per heavy atom. The van der Waals surface area contributed by atoms with Crippen LogP contribution in [0.5, 0.6) is 0 Å². The number of hydrogen-bond acceptors (Lipinski definition) is 0. The van der Waals surface area contributed by atoms with Gasteiger partial charge in [0.05, 0.1) is 22.1 Å². The smallest absolute Gasteiger partial charge is 0.0541 e. The molecule has 0 amide bonds. The van der Waals surface area contributed by atoms with Crippen LogP contribution in [0.1, 0.15) is 22.3 Å². The minimum Gasteiger partial charge on any atom is -0.309 e. The summed E-state index contributed by atoms with van der Waals surface area (Å²) >= 11 is 0. The molecule has 2 aromatic heterocycles. The molecule has 0 N–H and O–H groups in total. The molecule has 0 fully saturated rings. The van der Waals surface area contributed by atoms with Gasteiger partial charge in [0.1, 0.15) is 0 Å². The quantitative estimate of drug-likeness (QED) is 0.208. The summed E-state index contributed by atoms with van der Waals surface area (Å²) in [6.45, 7) is 0. The third-order valence-corrected chi connectivity index (χ3v) is 9.83. The molecule has 6 aromatic carbocycles. The summed E-state index contributed by atoms with van der Waals surface area (Å²) in [5.41, 5.74) is 16.8. The first-order valence-corrected chi connectivity index (χ1v) is 15.1. The highest BCUT2D eigenvalue weighted by molar-refractivity contribution is 6.10. The van der Waals surface area contributed by atoms with Gasteiger partial charge in [-0.3, -0.25) is 0 Å². The van der Waals surface area contributed by atoms with Crippen LogP contribution in [0.3, 0.4) is 0 Å². The third kappa shape index (κ3) is 2.94. The molecule has 0 saturated heterocycles. The zero-order valence-corrected chi connectivity index (χ0v) is 23.3. The van der Waals surface area contributed by atoms with Gasteiger partial charge in [0.25, 0.3) is 0 Å². The summed E-state index contributed by atoms with van der Waals surface area (Å²) in [6.07, 6.45) is 4.32. The summed E-state index contributed by atoms with van der Waals surface area (Å²) in [4.78, 5) is 0. The molecule has 0 unspecified atom stereocenters. The van der Waals surface area contributed by atoms with Crippen LogP contribution in [0.4, 0.5) is 0 Å². The second-order valence-electron chi connectivity index (χ2n) is 12.0. The minimum absolute atomic E-state index is 1.08. The Bertz CT molecular complexity index is 2090. The van der Waals surface area contributed by atoms with E-state index in [1.807, 2.05) is 0 Å². The second kappa shape index (κ2) is 8.24. The molecule has 2 aliphatic rings. The molecule has 0 radical (unpaired) electrons. The van der Waals surface area contributed by atoms with Gasteiger partial charge in [0.2, 0.25) is 0 Å². The molecule has 0 spiro atoms. The lowest BCUT2D eigenvalue weighted by Gasteiger charge is -2.31. The molecule has 2 heterocycles. The summed E-state index contributed by atoms with van der Waals surface area (Å²) < 4.78 is 4.97. The van der Waals surface area contributed by atoms with Crippen molar-refractivity contribution in [3.8, 4) is 22.5 Å². The van der Waals surface area contributed by atoms with Crippen molar-refractivity contribution >= 4 is 43.6 Å². The van der Waals surface area contributed by atoms with Gasteiger partial charge in [-0.25, -0.2) is 0 Å². The van der Waals surface area contributed by atoms with Gasteiger partial charge in [-0.05, 0) is 108 Å². The molecule has 8 aromatic rings. The second-order valence-corrected chi connectivity index (χ2v) is 12.0. The van der Waals surface area contributed by atoms with Crippen molar-refractivity contribution in [2.24, 2.45) is 0 Å². The molecule has 0 atom stereocenters. The van der Waals surface area contributed by atoms with Gasteiger partial charge in [-0.2, -0.15) is 0 Å². The Labute approximate surface area is 244 Å². The first-order valence-electron chi connectivity index (χ1n) is 15.1. The zero-order chi connectivity index (χ0) is 27.4. The topological polar surface area (TPSA) is 9.86 Å². The number of hydrogen-bond donors (Lipinski definition) is 0. The summed E-state index contributed by atoms with van der Waals surface area (Å²) in [6, 6.07) is 45.3. The van der Waals surface area contributed by atoms with Gasteiger partial charge >= 0.3 is 0 Å². The maximum atomic E-state index is 2.48. The minimum atomic E-state index is 1.08. The molecule has 0 saturated carbocycles. The Kier molecular flexibility index (Phi) is 4.43. The molecule has 198 valence electrons. The maximum Gasteiger partial charge on any atom is 0.0541 e. The van der Waals surface area contributed by atoms with Crippen molar-refractivity contribution in [1.82, 2.24) is 9.13 Å². The van der Waals surface area contributed by atoms with Crippen LogP contribution < -0.4 is 0 Å². The lowest BCUT2D eigenvalue weighted by Crippen LogP contribution is -2.16. The van der Waals surface area contributed by atoms with Crippen LogP contribution in [-0.4, -0.2) is 9.13 Å². The van der Waals surface area contributed by atoms with Crippen LogP contribution in [0, 0.1) is 0 Å². The van der Waals surface area contributed by atoms with E-state index in [4.69, 9.17) is 0 Å². The first-order chi connectivity index (χ1) is 20.8. The van der Waals surface area contributed by atoms with Gasteiger partial charge in [0, 0.05) is 32.9 Å². The van der Waals surface area contributed by atoms with E-state index < -0.39 is 0 Å². The Morgan fingerprint density at radius 2 is 0.595 bits per heavy atom. The standard InChI is InChI=1S/C40H28N2/c1-5-13-35-31(9-1)32-10-2-6-14-36(32)41(35)29-21-25-17-19-27-23-30(24-28-20-18-26(22-29)39(25)40(27)28)42-37-15-7-3-11-33(37)34-12-4-8-16-38(34)42/h1-16,21-24H,17-20H2. The number of fused-ring (bicyclic) bond motifs is 6. The van der Waals surface area contributed by atoms with Crippen molar-refractivity contribution in [3.63, 3.8) is 0 Å². The lowest BCUT2D eigenvalue weighted by atomic mass is 9.75. The molecular formula is C40H28N2. The monoisotopic (exact) mass is 536 g/mol. The van der Waals surface area contributed by atoms with E-state index in [0.29, 0.717) is 0 Å². The molecule has 0 aliphatic heterocycles. The van der Waals surface area contributed by atoms with Gasteiger partial charge in [0.15, 0.2) is 0 Å². The number of nitrogens with zero attached hydrogens (tertiary/aromatic N) is 2. The van der Waals surface area contributed by atoms with E-state index in [0.717, 1.165) is 25.7 Å². The molecule has 2 heteroatoms. The van der Waals surface area contributed by atoms with E-state index in [-0.39, 0.29) is 0 Å². The Hall–Kier alpha value is -5.08. The number of aromatic nitrogens is 2. The van der Waals surface area contributed by atoms with Crippen molar-refractivity contribution < 1.29 is 0 Å². The van der Waals surface area contributed by atoms with E-state index in [1.165, 1.54) is 88.4 Å². The average molecular weight is 537 g/mol. The highest BCUT2D eigenvalue weighted by Gasteiger charge is 2.28. The van der Waals surface area contributed by atoms with Crippen molar-refractivity contribution in [2.75, 3.05) is 0 Å². The predicted molar refractivity (Wildman–Crippen MR) is 175 cm³/mol. The van der Waals surface area contributed by atoms with Crippen molar-refractivity contribution in [3.05, 3.63) is 144 Å². The fourth-order valence-corrected chi connectivity index (χ4v) is 8.13. The first kappa shape index (κ1) is 22.6. The van der Waals surface area contributed by atoms with E-state index in [2.05, 4.69) is 130 Å².